The molecule has 0 aromatic carbocycles. The lowest BCUT2D eigenvalue weighted by Gasteiger charge is -2.31. The molecule has 1 atom stereocenters. The third kappa shape index (κ3) is 2.63. The van der Waals surface area contributed by atoms with Crippen LogP contribution in [-0.2, 0) is 0 Å². The summed E-state index contributed by atoms with van der Waals surface area (Å²) in [6.07, 6.45) is 4.05. The summed E-state index contributed by atoms with van der Waals surface area (Å²) in [6.45, 7) is 6.44. The number of hydrogen-bond donors (Lipinski definition) is 1. The summed E-state index contributed by atoms with van der Waals surface area (Å²) in [5, 5.41) is 8.66. The Morgan fingerprint density at radius 2 is 2.37 bits per heavy atom. The number of H-pyrrole nitrogens is 1. The molecule has 1 aliphatic heterocycles. The predicted octanol–water partition coefficient (Wildman–Crippen LogP) is 2.77. The maximum atomic E-state index is 4.41. The fourth-order valence-corrected chi connectivity index (χ4v) is 3.13. The van der Waals surface area contributed by atoms with Crippen molar-refractivity contribution in [2.24, 2.45) is 0 Å². The maximum Gasteiger partial charge on any atom is 0.204 e. The molecule has 0 amide bonds. The van der Waals surface area contributed by atoms with Gasteiger partial charge in [-0.05, 0) is 24.8 Å². The number of anilines is 1. The van der Waals surface area contributed by atoms with Crippen molar-refractivity contribution in [1.29, 1.82) is 0 Å². The van der Waals surface area contributed by atoms with Crippen molar-refractivity contribution in [3.63, 3.8) is 0 Å². The second-order valence-electron chi connectivity index (χ2n) is 5.41. The van der Waals surface area contributed by atoms with Gasteiger partial charge in [-0.3, -0.25) is 5.10 Å². The van der Waals surface area contributed by atoms with Crippen molar-refractivity contribution in [2.45, 2.75) is 38.5 Å². The van der Waals surface area contributed by atoms with Crippen LogP contribution in [-0.4, -0.2) is 32.6 Å². The zero-order valence-corrected chi connectivity index (χ0v) is 12.2. The lowest BCUT2D eigenvalue weighted by atomic mass is 9.94. The standard InChI is InChI=1S/C13H19N5S/c1-9(2)11-6-12(17-16-11)10-4-3-5-18(7-10)13-14-8-15-19-13/h6,8-10H,3-5,7H2,1-2H3,(H,16,17). The molecule has 19 heavy (non-hydrogen) atoms. The Morgan fingerprint density at radius 3 is 3.05 bits per heavy atom. The molecule has 5 nitrogen and oxygen atoms in total. The highest BCUT2D eigenvalue weighted by molar-refractivity contribution is 7.09. The average Bonchev–Trinajstić information content (AvgIpc) is 3.10. The first kappa shape index (κ1) is 12.6. The van der Waals surface area contributed by atoms with E-state index in [4.69, 9.17) is 0 Å². The van der Waals surface area contributed by atoms with E-state index < -0.39 is 0 Å². The minimum Gasteiger partial charge on any atom is -0.346 e. The molecule has 6 heteroatoms. The largest absolute Gasteiger partial charge is 0.346 e. The van der Waals surface area contributed by atoms with E-state index in [-0.39, 0.29) is 0 Å². The zero-order chi connectivity index (χ0) is 13.2. The van der Waals surface area contributed by atoms with Crippen molar-refractivity contribution in [2.75, 3.05) is 18.0 Å². The van der Waals surface area contributed by atoms with Gasteiger partial charge in [0, 0.05) is 36.2 Å². The fraction of sp³-hybridized carbons (Fsp3) is 0.615. The Hall–Kier alpha value is -1.43. The van der Waals surface area contributed by atoms with Crippen LogP contribution in [0.2, 0.25) is 0 Å². The van der Waals surface area contributed by atoms with Gasteiger partial charge in [-0.2, -0.15) is 9.47 Å². The Bertz CT molecular complexity index is 519. The second kappa shape index (κ2) is 5.28. The van der Waals surface area contributed by atoms with Crippen molar-refractivity contribution in [3.8, 4) is 0 Å². The molecule has 1 unspecified atom stereocenters. The second-order valence-corrected chi connectivity index (χ2v) is 6.17. The normalized spacial score (nSPS) is 20.2. The van der Waals surface area contributed by atoms with E-state index in [1.165, 1.54) is 30.1 Å². The summed E-state index contributed by atoms with van der Waals surface area (Å²) < 4.78 is 4.09. The van der Waals surface area contributed by atoms with Gasteiger partial charge < -0.3 is 4.90 Å². The molecule has 0 saturated carbocycles. The summed E-state index contributed by atoms with van der Waals surface area (Å²) in [6, 6.07) is 2.22. The van der Waals surface area contributed by atoms with Crippen molar-refractivity contribution < 1.29 is 0 Å². The van der Waals surface area contributed by atoms with Crippen molar-refractivity contribution in [1.82, 2.24) is 19.6 Å². The number of aromatic amines is 1. The van der Waals surface area contributed by atoms with Crippen LogP contribution in [0.25, 0.3) is 0 Å². The molecule has 3 rings (SSSR count). The van der Waals surface area contributed by atoms with Gasteiger partial charge in [0.1, 0.15) is 6.33 Å². The third-order valence-corrected chi connectivity index (χ3v) is 4.42. The number of aromatic nitrogens is 4. The quantitative estimate of drug-likeness (QED) is 0.937. The SMILES string of the molecule is CC(C)c1cc(C2CCCN(c3ncns3)C2)[nH]n1. The first-order valence-corrected chi connectivity index (χ1v) is 7.58. The van der Waals surface area contributed by atoms with Crippen molar-refractivity contribution in [3.05, 3.63) is 23.8 Å². The van der Waals surface area contributed by atoms with E-state index in [0.717, 1.165) is 23.9 Å². The minimum absolute atomic E-state index is 0.479. The number of rotatable bonds is 3. The molecule has 0 bridgehead atoms. The van der Waals surface area contributed by atoms with Crippen LogP contribution in [0.5, 0.6) is 0 Å². The van der Waals surface area contributed by atoms with Gasteiger partial charge in [0.15, 0.2) is 0 Å². The molecule has 1 aliphatic rings. The van der Waals surface area contributed by atoms with Gasteiger partial charge in [0.2, 0.25) is 5.13 Å². The molecule has 1 fully saturated rings. The molecule has 2 aromatic rings. The molecule has 1 saturated heterocycles. The molecule has 102 valence electrons. The van der Waals surface area contributed by atoms with Gasteiger partial charge in [-0.1, -0.05) is 13.8 Å². The molecule has 3 heterocycles. The van der Waals surface area contributed by atoms with Crippen LogP contribution in [0.3, 0.4) is 0 Å². The Balaban J connectivity index is 1.74. The van der Waals surface area contributed by atoms with Crippen molar-refractivity contribution >= 4 is 16.7 Å². The summed E-state index contributed by atoms with van der Waals surface area (Å²) in [4.78, 5) is 6.64. The fourth-order valence-electron chi connectivity index (χ4n) is 2.57. The number of piperidine rings is 1. The summed E-state index contributed by atoms with van der Waals surface area (Å²) in [7, 11) is 0. The lowest BCUT2D eigenvalue weighted by Crippen LogP contribution is -2.34. The van der Waals surface area contributed by atoms with Gasteiger partial charge in [-0.15, -0.1) is 0 Å². The molecular formula is C13H19N5S. The van der Waals surface area contributed by atoms with Crippen LogP contribution in [0.4, 0.5) is 5.13 Å². The highest BCUT2D eigenvalue weighted by atomic mass is 32.1. The average molecular weight is 277 g/mol. The first-order valence-electron chi connectivity index (χ1n) is 6.81. The monoisotopic (exact) mass is 277 g/mol. The van der Waals surface area contributed by atoms with E-state index in [1.807, 2.05) is 0 Å². The number of hydrogen-bond acceptors (Lipinski definition) is 5. The molecule has 0 aliphatic carbocycles. The van der Waals surface area contributed by atoms with E-state index in [1.54, 1.807) is 6.33 Å². The van der Waals surface area contributed by atoms with Gasteiger partial charge in [-0.25, -0.2) is 4.98 Å². The summed E-state index contributed by atoms with van der Waals surface area (Å²) in [5.74, 6) is 1.01. The van der Waals surface area contributed by atoms with Crippen LogP contribution in [0.15, 0.2) is 12.4 Å². The van der Waals surface area contributed by atoms with Crippen LogP contribution >= 0.6 is 11.5 Å². The maximum absolute atomic E-state index is 4.41. The number of nitrogens with one attached hydrogen (secondary N) is 1. The predicted molar refractivity (Wildman–Crippen MR) is 76.8 cm³/mol. The van der Waals surface area contributed by atoms with E-state index >= 15 is 0 Å². The first-order chi connectivity index (χ1) is 9.24. The molecule has 0 radical (unpaired) electrons. The Labute approximate surface area is 117 Å². The third-order valence-electron chi connectivity index (χ3n) is 3.69. The van der Waals surface area contributed by atoms with E-state index in [9.17, 15) is 0 Å². The minimum atomic E-state index is 0.479. The summed E-state index contributed by atoms with van der Waals surface area (Å²) >= 11 is 1.48. The van der Waals surface area contributed by atoms with Crippen LogP contribution < -0.4 is 4.90 Å². The molecule has 2 aromatic heterocycles. The highest BCUT2D eigenvalue weighted by Crippen LogP contribution is 2.30. The topological polar surface area (TPSA) is 57.7 Å². The van der Waals surface area contributed by atoms with E-state index in [0.29, 0.717) is 11.8 Å². The lowest BCUT2D eigenvalue weighted by molar-refractivity contribution is 0.500. The van der Waals surface area contributed by atoms with E-state index in [2.05, 4.69) is 44.4 Å². The molecule has 0 spiro atoms. The van der Waals surface area contributed by atoms with Gasteiger partial charge in [0.25, 0.3) is 0 Å². The van der Waals surface area contributed by atoms with Gasteiger partial charge >= 0.3 is 0 Å². The number of nitrogens with zero attached hydrogens (tertiary/aromatic N) is 4. The zero-order valence-electron chi connectivity index (χ0n) is 11.3. The summed E-state index contributed by atoms with van der Waals surface area (Å²) in [5.41, 5.74) is 2.42. The molecular weight excluding hydrogens is 258 g/mol. The Kier molecular flexibility index (Phi) is 3.50. The van der Waals surface area contributed by atoms with Crippen LogP contribution in [0, 0.1) is 0 Å². The smallest absolute Gasteiger partial charge is 0.204 e. The van der Waals surface area contributed by atoms with Gasteiger partial charge in [0.05, 0.1) is 5.69 Å². The highest BCUT2D eigenvalue weighted by Gasteiger charge is 2.24. The van der Waals surface area contributed by atoms with Crippen LogP contribution in [0.1, 0.15) is 49.9 Å². The Morgan fingerprint density at radius 1 is 1.47 bits per heavy atom. The molecule has 1 N–H and O–H groups in total.